The van der Waals surface area contributed by atoms with Gasteiger partial charge in [-0.15, -0.1) is 0 Å². The van der Waals surface area contributed by atoms with Gasteiger partial charge < -0.3 is 5.32 Å². The number of aryl methyl sites for hydroxylation is 1. The molecule has 0 saturated heterocycles. The van der Waals surface area contributed by atoms with E-state index < -0.39 is 0 Å². The number of pyridine rings is 1. The monoisotopic (exact) mass is 447 g/mol. The number of nitriles is 1. The Morgan fingerprint density at radius 1 is 1.34 bits per heavy atom. The molecule has 1 atom stereocenters. The normalized spacial score (nSPS) is 16.1. The maximum Gasteiger partial charge on any atom is 0.234 e. The van der Waals surface area contributed by atoms with Crippen LogP contribution in [0.25, 0.3) is 0 Å². The lowest BCUT2D eigenvalue weighted by Gasteiger charge is -2.34. The van der Waals surface area contributed by atoms with Crippen LogP contribution in [0.3, 0.4) is 0 Å². The first kappa shape index (κ1) is 22.0. The van der Waals surface area contributed by atoms with Crippen LogP contribution in [0.15, 0.2) is 29.3 Å². The second kappa shape index (κ2) is 8.95. The van der Waals surface area contributed by atoms with Gasteiger partial charge in [0.15, 0.2) is 0 Å². The first-order valence-corrected chi connectivity index (χ1v) is 11.2. The Hall–Kier alpha value is -1.74. The van der Waals surface area contributed by atoms with Gasteiger partial charge in [0.2, 0.25) is 5.91 Å². The Kier molecular flexibility index (Phi) is 6.78. The number of anilines is 1. The zero-order valence-electron chi connectivity index (χ0n) is 16.7. The van der Waals surface area contributed by atoms with Crippen molar-refractivity contribution in [2.45, 2.75) is 45.1 Å². The summed E-state index contributed by atoms with van der Waals surface area (Å²) in [6, 6.07) is 9.23. The van der Waals surface area contributed by atoms with Crippen LogP contribution in [0.4, 0.5) is 5.69 Å². The third-order valence-corrected chi connectivity index (χ3v) is 6.89. The number of hydrogen-bond donors (Lipinski definition) is 1. The van der Waals surface area contributed by atoms with Gasteiger partial charge in [-0.3, -0.25) is 4.79 Å². The summed E-state index contributed by atoms with van der Waals surface area (Å²) in [5.74, 6) is 0.446. The number of benzene rings is 1. The molecule has 29 heavy (non-hydrogen) atoms. The quantitative estimate of drug-likeness (QED) is 0.571. The van der Waals surface area contributed by atoms with Crippen molar-refractivity contribution in [2.24, 2.45) is 11.3 Å². The Morgan fingerprint density at radius 3 is 2.66 bits per heavy atom. The van der Waals surface area contributed by atoms with E-state index in [2.05, 4.69) is 32.2 Å². The van der Waals surface area contributed by atoms with Crippen LogP contribution in [0, 0.1) is 22.7 Å². The van der Waals surface area contributed by atoms with Crippen LogP contribution in [0.5, 0.6) is 0 Å². The highest BCUT2D eigenvalue weighted by Crippen LogP contribution is 2.38. The molecule has 7 heteroatoms. The summed E-state index contributed by atoms with van der Waals surface area (Å²) < 4.78 is 0. The van der Waals surface area contributed by atoms with E-state index in [1.54, 1.807) is 18.2 Å². The number of amides is 1. The fourth-order valence-corrected chi connectivity index (χ4v) is 4.77. The van der Waals surface area contributed by atoms with E-state index in [9.17, 15) is 10.1 Å². The molecule has 0 unspecified atom stereocenters. The maximum absolute atomic E-state index is 12.4. The molecule has 1 aromatic carbocycles. The van der Waals surface area contributed by atoms with Crippen LogP contribution < -0.4 is 5.32 Å². The summed E-state index contributed by atoms with van der Waals surface area (Å²) >= 11 is 13.5. The Labute approximate surface area is 186 Å². The van der Waals surface area contributed by atoms with Crippen molar-refractivity contribution in [2.75, 3.05) is 11.1 Å². The average molecular weight is 448 g/mol. The van der Waals surface area contributed by atoms with Crippen molar-refractivity contribution in [1.29, 1.82) is 5.26 Å². The van der Waals surface area contributed by atoms with Gasteiger partial charge in [0.05, 0.1) is 27.0 Å². The van der Waals surface area contributed by atoms with E-state index in [0.717, 1.165) is 30.5 Å². The Bertz CT molecular complexity index is 959. The number of carbonyl (C=O) groups excluding carboxylic acids is 1. The van der Waals surface area contributed by atoms with Gasteiger partial charge >= 0.3 is 0 Å². The first-order chi connectivity index (χ1) is 13.7. The lowest BCUT2D eigenvalue weighted by molar-refractivity contribution is -0.113. The van der Waals surface area contributed by atoms with E-state index in [-0.39, 0.29) is 17.1 Å². The zero-order valence-corrected chi connectivity index (χ0v) is 19.0. The smallest absolute Gasteiger partial charge is 0.234 e. The number of para-hydroxylation sites is 1. The zero-order chi connectivity index (χ0) is 21.2. The molecule has 4 nitrogen and oxygen atoms in total. The Morgan fingerprint density at radius 2 is 2.03 bits per heavy atom. The molecule has 0 spiro atoms. The van der Waals surface area contributed by atoms with Crippen molar-refractivity contribution < 1.29 is 4.79 Å². The first-order valence-electron chi connectivity index (χ1n) is 9.48. The molecular weight excluding hydrogens is 425 g/mol. The summed E-state index contributed by atoms with van der Waals surface area (Å²) in [6.07, 6.45) is 2.93. The van der Waals surface area contributed by atoms with Crippen LogP contribution >= 0.6 is 35.0 Å². The van der Waals surface area contributed by atoms with Crippen molar-refractivity contribution in [1.82, 2.24) is 4.98 Å². The molecule has 1 N–H and O–H groups in total. The number of carbonyl (C=O) groups is 1. The van der Waals surface area contributed by atoms with Crippen molar-refractivity contribution in [3.63, 3.8) is 0 Å². The number of aromatic nitrogens is 1. The molecule has 1 aliphatic carbocycles. The van der Waals surface area contributed by atoms with Crippen LogP contribution in [-0.2, 0) is 17.6 Å². The fraction of sp³-hybridized carbons (Fsp3) is 0.409. The predicted octanol–water partition coefficient (Wildman–Crippen LogP) is 6.14. The molecular formula is C22H23Cl2N3OS. The maximum atomic E-state index is 12.4. The second-order valence-electron chi connectivity index (χ2n) is 8.30. The average Bonchev–Trinajstić information content (AvgIpc) is 2.67. The van der Waals surface area contributed by atoms with E-state index >= 15 is 0 Å². The number of nitrogens with zero attached hydrogens (tertiary/aromatic N) is 2. The van der Waals surface area contributed by atoms with Gasteiger partial charge in [-0.25, -0.2) is 4.98 Å². The number of thioether (sulfide) groups is 1. The molecule has 0 radical (unpaired) electrons. The molecule has 1 heterocycles. The van der Waals surface area contributed by atoms with Gasteiger partial charge in [-0.2, -0.15) is 5.26 Å². The summed E-state index contributed by atoms with van der Waals surface area (Å²) in [4.78, 5) is 17.1. The minimum Gasteiger partial charge on any atom is -0.323 e. The van der Waals surface area contributed by atoms with Crippen LogP contribution in [0.1, 0.15) is 44.0 Å². The number of hydrogen-bond acceptors (Lipinski definition) is 4. The topological polar surface area (TPSA) is 65.8 Å². The third kappa shape index (κ3) is 5.25. The fourth-order valence-electron chi connectivity index (χ4n) is 3.50. The summed E-state index contributed by atoms with van der Waals surface area (Å²) in [5.41, 5.74) is 3.35. The number of rotatable bonds is 4. The molecule has 3 rings (SSSR count). The third-order valence-electron chi connectivity index (χ3n) is 5.26. The number of nitrogens with one attached hydrogen (secondary N) is 1. The van der Waals surface area contributed by atoms with Gasteiger partial charge in [-0.05, 0) is 54.4 Å². The molecule has 0 fully saturated rings. The van der Waals surface area contributed by atoms with Crippen molar-refractivity contribution >= 4 is 46.6 Å². The van der Waals surface area contributed by atoms with E-state index in [4.69, 9.17) is 28.2 Å². The minimum absolute atomic E-state index is 0.118. The van der Waals surface area contributed by atoms with Gasteiger partial charge in [-0.1, -0.05) is 61.8 Å². The largest absolute Gasteiger partial charge is 0.323 e. The highest BCUT2D eigenvalue weighted by molar-refractivity contribution is 8.00. The highest BCUT2D eigenvalue weighted by atomic mass is 35.5. The van der Waals surface area contributed by atoms with Gasteiger partial charge in [0.25, 0.3) is 0 Å². The molecule has 1 aromatic heterocycles. The van der Waals surface area contributed by atoms with Gasteiger partial charge in [0.1, 0.15) is 11.1 Å². The lowest BCUT2D eigenvalue weighted by Crippen LogP contribution is -2.27. The van der Waals surface area contributed by atoms with Crippen LogP contribution in [-0.4, -0.2) is 16.6 Å². The van der Waals surface area contributed by atoms with Crippen molar-refractivity contribution in [3.8, 4) is 6.07 Å². The van der Waals surface area contributed by atoms with Crippen LogP contribution in [0.2, 0.25) is 10.0 Å². The SMILES string of the molecule is CC(C)(C)[C@H]1CCc2nc(SCC(=O)Nc3c(Cl)cccc3Cl)c(C#N)cc2C1. The predicted molar refractivity (Wildman–Crippen MR) is 120 cm³/mol. The highest BCUT2D eigenvalue weighted by Gasteiger charge is 2.30. The molecule has 2 aromatic rings. The lowest BCUT2D eigenvalue weighted by atomic mass is 9.71. The van der Waals surface area contributed by atoms with E-state index in [1.807, 2.05) is 6.07 Å². The molecule has 0 aliphatic heterocycles. The summed E-state index contributed by atoms with van der Waals surface area (Å²) in [6.45, 7) is 6.78. The molecule has 152 valence electrons. The minimum atomic E-state index is -0.249. The number of fused-ring (bicyclic) bond motifs is 1. The van der Waals surface area contributed by atoms with E-state index in [0.29, 0.717) is 32.2 Å². The number of halogens is 2. The molecule has 0 saturated carbocycles. The van der Waals surface area contributed by atoms with E-state index in [1.165, 1.54) is 11.8 Å². The van der Waals surface area contributed by atoms with Crippen molar-refractivity contribution in [3.05, 3.63) is 51.1 Å². The Balaban J connectivity index is 1.72. The second-order valence-corrected chi connectivity index (χ2v) is 10.1. The molecule has 0 bridgehead atoms. The standard InChI is InChI=1S/C22H23Cl2N3OS/c1-22(2,3)15-7-8-18-13(10-15)9-14(11-25)21(26-18)29-12-19(28)27-20-16(23)5-4-6-17(20)24/h4-6,9,15H,7-8,10,12H2,1-3H3,(H,27,28)/t15-/m0/s1. The van der Waals surface area contributed by atoms with Gasteiger partial charge in [0, 0.05) is 5.69 Å². The summed E-state index contributed by atoms with van der Waals surface area (Å²) in [7, 11) is 0. The summed E-state index contributed by atoms with van der Waals surface area (Å²) in [5, 5.41) is 13.7. The molecule has 1 amide bonds. The molecule has 1 aliphatic rings.